The lowest BCUT2D eigenvalue weighted by atomic mass is 10.0. The first-order valence-electron chi connectivity index (χ1n) is 8.60. The molecule has 0 bridgehead atoms. The lowest BCUT2D eigenvalue weighted by Crippen LogP contribution is -2.34. The molecule has 0 aliphatic heterocycles. The van der Waals surface area contributed by atoms with Gasteiger partial charge in [0, 0.05) is 19.6 Å². The van der Waals surface area contributed by atoms with Gasteiger partial charge in [-0.05, 0) is 37.6 Å². The van der Waals surface area contributed by atoms with Crippen LogP contribution in [0.25, 0.3) is 11.0 Å². The van der Waals surface area contributed by atoms with E-state index >= 15 is 0 Å². The summed E-state index contributed by atoms with van der Waals surface area (Å²) in [6, 6.07) is 18.5. The van der Waals surface area contributed by atoms with Crippen LogP contribution in [-0.2, 0) is 13.5 Å². The molecule has 3 aromatic rings. The second-order valence-corrected chi connectivity index (χ2v) is 6.20. The van der Waals surface area contributed by atoms with Crippen molar-refractivity contribution in [3.05, 3.63) is 66.0 Å². The van der Waals surface area contributed by atoms with Crippen molar-refractivity contribution in [3.8, 4) is 0 Å². The number of imidazole rings is 1. The van der Waals surface area contributed by atoms with E-state index in [1.165, 1.54) is 5.56 Å². The second kappa shape index (κ2) is 9.36. The highest BCUT2D eigenvalue weighted by Gasteiger charge is 2.15. The van der Waals surface area contributed by atoms with Crippen LogP contribution in [0.4, 0.5) is 0 Å². The minimum absolute atomic E-state index is 0. The third-order valence-corrected chi connectivity index (χ3v) is 4.50. The molecule has 1 aromatic heterocycles. The highest BCUT2D eigenvalue weighted by molar-refractivity contribution is 5.94. The molecule has 6 heteroatoms. The van der Waals surface area contributed by atoms with Crippen molar-refractivity contribution in [2.24, 2.45) is 7.05 Å². The molecule has 1 amide bonds. The smallest absolute Gasteiger partial charge is 0.287 e. The van der Waals surface area contributed by atoms with Crippen LogP contribution in [0.15, 0.2) is 54.6 Å². The normalized spacial score (nSPS) is 11.8. The average molecular weight is 373 g/mol. The fraction of sp³-hybridized carbons (Fsp3) is 0.300. The molecule has 0 saturated carbocycles. The number of fused-ring (bicyclic) bond motifs is 1. The lowest BCUT2D eigenvalue weighted by Gasteiger charge is -2.16. The number of hydrogen-bond donors (Lipinski definition) is 2. The van der Waals surface area contributed by atoms with E-state index < -0.39 is 0 Å². The molecule has 0 aliphatic carbocycles. The van der Waals surface area contributed by atoms with E-state index in [2.05, 4.69) is 39.9 Å². The van der Waals surface area contributed by atoms with Gasteiger partial charge in [-0.25, -0.2) is 4.98 Å². The molecule has 2 aromatic carbocycles. The van der Waals surface area contributed by atoms with Crippen molar-refractivity contribution in [3.63, 3.8) is 0 Å². The summed E-state index contributed by atoms with van der Waals surface area (Å²) in [5.74, 6) is 0.318. The number of benzene rings is 2. The topological polar surface area (TPSA) is 58.9 Å². The van der Waals surface area contributed by atoms with Gasteiger partial charge in [-0.2, -0.15) is 0 Å². The summed E-state index contributed by atoms with van der Waals surface area (Å²) in [6.07, 6.45) is 1.81. The van der Waals surface area contributed by atoms with E-state index in [1.54, 1.807) is 0 Å². The first-order chi connectivity index (χ1) is 12.2. The Kier molecular flexibility index (Phi) is 7.18. The number of carbonyl (C=O) groups is 1. The van der Waals surface area contributed by atoms with Crippen LogP contribution in [0, 0.1) is 0 Å². The van der Waals surface area contributed by atoms with Crippen molar-refractivity contribution in [2.75, 3.05) is 13.6 Å². The minimum Gasteiger partial charge on any atom is -0.349 e. The van der Waals surface area contributed by atoms with Crippen LogP contribution in [-0.4, -0.2) is 35.1 Å². The number of aryl methyl sites for hydroxylation is 1. The van der Waals surface area contributed by atoms with Gasteiger partial charge < -0.3 is 15.2 Å². The number of hydrogen-bond acceptors (Lipinski definition) is 3. The van der Waals surface area contributed by atoms with Gasteiger partial charge in [-0.3, -0.25) is 4.79 Å². The van der Waals surface area contributed by atoms with Crippen LogP contribution in [0.2, 0.25) is 0 Å². The standard InChI is InChI=1S/C20H24N4O.ClH/c1-21-16(14-15-8-4-3-5-9-15)12-13-22-20(25)19-23-17-10-6-7-11-18(17)24(19)2;/h3-11,16,21H,12-14H2,1-2H3,(H,22,25);1H/t16-;/m1./s1. The largest absolute Gasteiger partial charge is 0.349 e. The fourth-order valence-corrected chi connectivity index (χ4v) is 3.03. The molecule has 0 aliphatic rings. The zero-order chi connectivity index (χ0) is 17.6. The number of aromatic nitrogens is 2. The first-order valence-corrected chi connectivity index (χ1v) is 8.60. The number of nitrogens with one attached hydrogen (secondary N) is 2. The van der Waals surface area contributed by atoms with Crippen LogP contribution in [0.5, 0.6) is 0 Å². The summed E-state index contributed by atoms with van der Waals surface area (Å²) in [6.45, 7) is 0.611. The maximum Gasteiger partial charge on any atom is 0.287 e. The molecule has 1 atom stereocenters. The van der Waals surface area contributed by atoms with Crippen molar-refractivity contribution >= 4 is 29.3 Å². The fourth-order valence-electron chi connectivity index (χ4n) is 3.03. The van der Waals surface area contributed by atoms with Crippen LogP contribution >= 0.6 is 12.4 Å². The van der Waals surface area contributed by atoms with E-state index in [0.29, 0.717) is 18.4 Å². The van der Waals surface area contributed by atoms with Gasteiger partial charge in [0.2, 0.25) is 0 Å². The summed E-state index contributed by atoms with van der Waals surface area (Å²) in [4.78, 5) is 16.9. The van der Waals surface area contributed by atoms with E-state index in [4.69, 9.17) is 0 Å². The quantitative estimate of drug-likeness (QED) is 0.670. The van der Waals surface area contributed by atoms with E-state index in [-0.39, 0.29) is 18.3 Å². The summed E-state index contributed by atoms with van der Waals surface area (Å²) in [5, 5.41) is 6.31. The van der Waals surface area contributed by atoms with Crippen molar-refractivity contribution < 1.29 is 4.79 Å². The maximum absolute atomic E-state index is 12.4. The summed E-state index contributed by atoms with van der Waals surface area (Å²) in [5.41, 5.74) is 3.10. The SMILES string of the molecule is CN[C@H](CCNC(=O)c1nc2ccccc2n1C)Cc1ccccc1.Cl. The molecule has 1 heterocycles. The molecule has 2 N–H and O–H groups in total. The lowest BCUT2D eigenvalue weighted by molar-refractivity contribution is 0.0939. The highest BCUT2D eigenvalue weighted by Crippen LogP contribution is 2.14. The minimum atomic E-state index is -0.131. The highest BCUT2D eigenvalue weighted by atomic mass is 35.5. The molecule has 0 spiro atoms. The van der Waals surface area contributed by atoms with Crippen LogP contribution in [0.3, 0.4) is 0 Å². The molecule has 3 rings (SSSR count). The molecule has 0 unspecified atom stereocenters. The molecule has 138 valence electrons. The van der Waals surface area contributed by atoms with Gasteiger partial charge in [0.15, 0.2) is 5.82 Å². The zero-order valence-corrected chi connectivity index (χ0v) is 15.9. The summed E-state index contributed by atoms with van der Waals surface area (Å²) in [7, 11) is 3.83. The predicted molar refractivity (Wildman–Crippen MR) is 108 cm³/mol. The Hall–Kier alpha value is -2.37. The number of amides is 1. The Morgan fingerprint density at radius 1 is 1.12 bits per heavy atom. The van der Waals surface area contributed by atoms with Gasteiger partial charge in [0.1, 0.15) is 0 Å². The molecule has 26 heavy (non-hydrogen) atoms. The Morgan fingerprint density at radius 3 is 2.50 bits per heavy atom. The predicted octanol–water partition coefficient (Wildman–Crippen LogP) is 2.95. The van der Waals surface area contributed by atoms with E-state index in [1.807, 2.05) is 49.0 Å². The van der Waals surface area contributed by atoms with Gasteiger partial charge in [0.25, 0.3) is 5.91 Å². The number of nitrogens with zero attached hydrogens (tertiary/aromatic N) is 2. The number of carbonyl (C=O) groups excluding carboxylic acids is 1. The van der Waals surface area contributed by atoms with Gasteiger partial charge >= 0.3 is 0 Å². The Morgan fingerprint density at radius 2 is 1.81 bits per heavy atom. The Labute approximate surface area is 160 Å². The first kappa shape index (κ1) is 19.9. The second-order valence-electron chi connectivity index (χ2n) is 6.20. The number of rotatable bonds is 7. The van der Waals surface area contributed by atoms with Crippen LogP contribution in [0.1, 0.15) is 22.6 Å². The monoisotopic (exact) mass is 372 g/mol. The average Bonchev–Trinajstić information content (AvgIpc) is 2.99. The van der Waals surface area contributed by atoms with E-state index in [0.717, 1.165) is 23.9 Å². The number of halogens is 1. The van der Waals surface area contributed by atoms with Crippen LogP contribution < -0.4 is 10.6 Å². The number of para-hydroxylation sites is 2. The van der Waals surface area contributed by atoms with Gasteiger partial charge in [-0.15, -0.1) is 12.4 Å². The Bertz CT molecular complexity index is 847. The zero-order valence-electron chi connectivity index (χ0n) is 15.1. The molecular weight excluding hydrogens is 348 g/mol. The molecule has 5 nitrogen and oxygen atoms in total. The molecule has 0 fully saturated rings. The summed E-state index contributed by atoms with van der Waals surface area (Å²) >= 11 is 0. The van der Waals surface area contributed by atoms with Gasteiger partial charge in [-0.1, -0.05) is 42.5 Å². The van der Waals surface area contributed by atoms with Crippen molar-refractivity contribution in [1.29, 1.82) is 0 Å². The van der Waals surface area contributed by atoms with Gasteiger partial charge in [0.05, 0.1) is 11.0 Å². The summed E-state index contributed by atoms with van der Waals surface area (Å²) < 4.78 is 1.84. The van der Waals surface area contributed by atoms with Crippen molar-refractivity contribution in [2.45, 2.75) is 18.9 Å². The molecular formula is C20H25ClN4O. The van der Waals surface area contributed by atoms with E-state index in [9.17, 15) is 4.79 Å². The third kappa shape index (κ3) is 4.62. The Balaban J connectivity index is 0.00000243. The number of likely N-dealkylation sites (N-methyl/N-ethyl adjacent to an activating group) is 1. The molecule has 0 radical (unpaired) electrons. The molecule has 0 saturated heterocycles. The van der Waals surface area contributed by atoms with Crippen molar-refractivity contribution in [1.82, 2.24) is 20.2 Å². The maximum atomic E-state index is 12.4. The third-order valence-electron chi connectivity index (χ3n) is 4.50.